The van der Waals surface area contributed by atoms with Crippen LogP contribution in [0.3, 0.4) is 0 Å². The Balaban J connectivity index is 1.58. The van der Waals surface area contributed by atoms with Gasteiger partial charge in [-0.05, 0) is 42.0 Å². The maximum absolute atomic E-state index is 12.6. The molecular weight excluding hydrogens is 352 g/mol. The molecule has 1 aliphatic carbocycles. The summed E-state index contributed by atoms with van der Waals surface area (Å²) in [5.74, 6) is 0.564. The van der Waals surface area contributed by atoms with Crippen molar-refractivity contribution >= 4 is 11.8 Å². The summed E-state index contributed by atoms with van der Waals surface area (Å²) in [6.07, 6.45) is 6.20. The van der Waals surface area contributed by atoms with Crippen LogP contribution in [0.25, 0.3) is 0 Å². The van der Waals surface area contributed by atoms with Crippen LogP contribution in [-0.4, -0.2) is 18.4 Å². The average Bonchev–Trinajstić information content (AvgIpc) is 2.72. The summed E-state index contributed by atoms with van der Waals surface area (Å²) < 4.78 is 5.62. The molecule has 0 saturated heterocycles. The number of amides is 2. The molecule has 2 amide bonds. The van der Waals surface area contributed by atoms with Crippen molar-refractivity contribution < 1.29 is 14.3 Å². The van der Waals surface area contributed by atoms with Gasteiger partial charge >= 0.3 is 0 Å². The Labute approximate surface area is 166 Å². The Morgan fingerprint density at radius 2 is 1.68 bits per heavy atom. The van der Waals surface area contributed by atoms with E-state index in [-0.39, 0.29) is 30.9 Å². The molecule has 0 aromatic heterocycles. The zero-order valence-electron chi connectivity index (χ0n) is 16.1. The van der Waals surface area contributed by atoms with Gasteiger partial charge in [-0.1, -0.05) is 61.7 Å². The Morgan fingerprint density at radius 1 is 1.00 bits per heavy atom. The summed E-state index contributed by atoms with van der Waals surface area (Å²) in [5.41, 5.74) is 7.17. The van der Waals surface area contributed by atoms with E-state index < -0.39 is 0 Å². The van der Waals surface area contributed by atoms with Gasteiger partial charge in [-0.2, -0.15) is 0 Å². The van der Waals surface area contributed by atoms with Gasteiger partial charge in [0.1, 0.15) is 5.75 Å². The standard InChI is InChI=1S/C23H28N2O3/c24-21(26)15-17-11-13-20(14-12-17)28-16-22(27)25-23(18-7-3-1-4-8-18)19-9-5-2-6-10-19/h1,3-4,7-8,11-14,19,23H,2,5-6,9-10,15-16H2,(H2,24,26)(H,25,27). The van der Waals surface area contributed by atoms with E-state index in [9.17, 15) is 9.59 Å². The second-order valence-corrected chi connectivity index (χ2v) is 7.43. The highest BCUT2D eigenvalue weighted by molar-refractivity contribution is 5.78. The molecule has 0 radical (unpaired) electrons. The van der Waals surface area contributed by atoms with Gasteiger partial charge < -0.3 is 15.8 Å². The topological polar surface area (TPSA) is 81.4 Å². The molecule has 1 saturated carbocycles. The Kier molecular flexibility index (Phi) is 7.06. The Bertz CT molecular complexity index is 768. The predicted octanol–water partition coefficient (Wildman–Crippen LogP) is 3.53. The van der Waals surface area contributed by atoms with Crippen molar-refractivity contribution in [2.45, 2.75) is 44.6 Å². The Hall–Kier alpha value is -2.82. The molecule has 0 bridgehead atoms. The van der Waals surface area contributed by atoms with E-state index in [1.165, 1.54) is 19.3 Å². The van der Waals surface area contributed by atoms with E-state index in [0.717, 1.165) is 24.0 Å². The summed E-state index contributed by atoms with van der Waals surface area (Å²) in [5, 5.41) is 3.19. The van der Waals surface area contributed by atoms with E-state index in [4.69, 9.17) is 10.5 Å². The lowest BCUT2D eigenvalue weighted by atomic mass is 9.81. The first-order valence-corrected chi connectivity index (χ1v) is 9.96. The average molecular weight is 380 g/mol. The number of carbonyl (C=O) groups is 2. The maximum Gasteiger partial charge on any atom is 0.258 e. The van der Waals surface area contributed by atoms with Crippen LogP contribution in [0.5, 0.6) is 5.75 Å². The zero-order chi connectivity index (χ0) is 19.8. The first-order chi connectivity index (χ1) is 13.6. The minimum absolute atomic E-state index is 0.0237. The molecule has 1 fully saturated rings. The van der Waals surface area contributed by atoms with E-state index in [1.54, 1.807) is 24.3 Å². The number of nitrogens with one attached hydrogen (secondary N) is 1. The number of carbonyl (C=O) groups excluding carboxylic acids is 2. The van der Waals surface area contributed by atoms with Gasteiger partial charge in [0.05, 0.1) is 12.5 Å². The summed E-state index contributed by atoms with van der Waals surface area (Å²) in [7, 11) is 0. The van der Waals surface area contributed by atoms with E-state index >= 15 is 0 Å². The largest absolute Gasteiger partial charge is 0.484 e. The molecule has 1 atom stereocenters. The molecular formula is C23H28N2O3. The minimum Gasteiger partial charge on any atom is -0.484 e. The third-order valence-electron chi connectivity index (χ3n) is 5.27. The first-order valence-electron chi connectivity index (χ1n) is 9.96. The van der Waals surface area contributed by atoms with Crippen molar-refractivity contribution in [2.24, 2.45) is 11.7 Å². The molecule has 0 heterocycles. The highest BCUT2D eigenvalue weighted by atomic mass is 16.5. The number of hydrogen-bond donors (Lipinski definition) is 2. The summed E-state index contributed by atoms with van der Waals surface area (Å²) in [6.45, 7) is -0.0365. The number of primary amides is 1. The van der Waals surface area contributed by atoms with Gasteiger partial charge in [0, 0.05) is 0 Å². The highest BCUT2D eigenvalue weighted by Gasteiger charge is 2.26. The molecule has 2 aromatic rings. The normalized spacial score (nSPS) is 15.6. The SMILES string of the molecule is NC(=O)Cc1ccc(OCC(=O)NC(c2ccccc2)C2CCCCC2)cc1. The van der Waals surface area contributed by atoms with E-state index in [0.29, 0.717) is 11.7 Å². The molecule has 1 unspecified atom stereocenters. The van der Waals surface area contributed by atoms with Crippen molar-refractivity contribution in [1.29, 1.82) is 0 Å². The van der Waals surface area contributed by atoms with Gasteiger partial charge in [-0.25, -0.2) is 0 Å². The van der Waals surface area contributed by atoms with Crippen LogP contribution in [-0.2, 0) is 16.0 Å². The van der Waals surface area contributed by atoms with Gasteiger partial charge in [0.15, 0.2) is 6.61 Å². The van der Waals surface area contributed by atoms with Crippen LogP contribution < -0.4 is 15.8 Å². The molecule has 28 heavy (non-hydrogen) atoms. The zero-order valence-corrected chi connectivity index (χ0v) is 16.1. The highest BCUT2D eigenvalue weighted by Crippen LogP contribution is 2.34. The minimum atomic E-state index is -0.372. The van der Waals surface area contributed by atoms with Crippen molar-refractivity contribution in [3.05, 3.63) is 65.7 Å². The summed E-state index contributed by atoms with van der Waals surface area (Å²) >= 11 is 0. The lowest BCUT2D eigenvalue weighted by Gasteiger charge is -2.31. The number of ether oxygens (including phenoxy) is 1. The Morgan fingerprint density at radius 3 is 2.32 bits per heavy atom. The summed E-state index contributed by atoms with van der Waals surface area (Å²) in [4.78, 5) is 23.5. The molecule has 2 aromatic carbocycles. The van der Waals surface area contributed by atoms with E-state index in [2.05, 4.69) is 17.4 Å². The number of benzene rings is 2. The lowest BCUT2D eigenvalue weighted by molar-refractivity contribution is -0.124. The monoisotopic (exact) mass is 380 g/mol. The lowest BCUT2D eigenvalue weighted by Crippen LogP contribution is -2.37. The van der Waals surface area contributed by atoms with Crippen LogP contribution in [0.1, 0.15) is 49.3 Å². The number of nitrogens with two attached hydrogens (primary N) is 1. The third-order valence-corrected chi connectivity index (χ3v) is 5.27. The van der Waals surface area contributed by atoms with Crippen LogP contribution in [0.4, 0.5) is 0 Å². The predicted molar refractivity (Wildman–Crippen MR) is 109 cm³/mol. The van der Waals surface area contributed by atoms with Crippen molar-refractivity contribution in [3.8, 4) is 5.75 Å². The third kappa shape index (κ3) is 5.84. The van der Waals surface area contributed by atoms with E-state index in [1.807, 2.05) is 18.2 Å². The fraction of sp³-hybridized carbons (Fsp3) is 0.391. The quantitative estimate of drug-likeness (QED) is 0.735. The van der Waals surface area contributed by atoms with Crippen molar-refractivity contribution in [2.75, 3.05) is 6.61 Å². The van der Waals surface area contributed by atoms with Gasteiger partial charge in [-0.3, -0.25) is 9.59 Å². The molecule has 0 spiro atoms. The van der Waals surface area contributed by atoms with Gasteiger partial charge in [0.25, 0.3) is 5.91 Å². The molecule has 148 valence electrons. The van der Waals surface area contributed by atoms with Crippen LogP contribution in [0.2, 0.25) is 0 Å². The van der Waals surface area contributed by atoms with Crippen molar-refractivity contribution in [3.63, 3.8) is 0 Å². The van der Waals surface area contributed by atoms with Crippen LogP contribution in [0, 0.1) is 5.92 Å². The second kappa shape index (κ2) is 9.93. The number of rotatable bonds is 8. The fourth-order valence-electron chi connectivity index (χ4n) is 3.87. The maximum atomic E-state index is 12.6. The van der Waals surface area contributed by atoms with Crippen molar-refractivity contribution in [1.82, 2.24) is 5.32 Å². The van der Waals surface area contributed by atoms with Gasteiger partial charge in [-0.15, -0.1) is 0 Å². The fourth-order valence-corrected chi connectivity index (χ4v) is 3.87. The molecule has 0 aliphatic heterocycles. The second-order valence-electron chi connectivity index (χ2n) is 7.43. The number of hydrogen-bond acceptors (Lipinski definition) is 3. The van der Waals surface area contributed by atoms with Gasteiger partial charge in [0.2, 0.25) is 5.91 Å². The molecule has 3 rings (SSSR count). The van der Waals surface area contributed by atoms with Crippen LogP contribution in [0.15, 0.2) is 54.6 Å². The van der Waals surface area contributed by atoms with Crippen LogP contribution >= 0.6 is 0 Å². The smallest absolute Gasteiger partial charge is 0.258 e. The molecule has 3 N–H and O–H groups in total. The summed E-state index contributed by atoms with van der Waals surface area (Å²) in [6, 6.07) is 17.3. The molecule has 5 heteroatoms. The molecule has 5 nitrogen and oxygen atoms in total. The first kappa shape index (κ1) is 19.9. The molecule has 1 aliphatic rings.